The van der Waals surface area contributed by atoms with E-state index in [0.29, 0.717) is 46.9 Å². The van der Waals surface area contributed by atoms with Gasteiger partial charge in [0.25, 0.3) is 0 Å². The average molecular weight is 533 g/mol. The quantitative estimate of drug-likeness (QED) is 0.374. The molecule has 204 valence electrons. The molecule has 0 radical (unpaired) electrons. The fraction of sp³-hybridized carbons (Fsp3) is 0.481. The molecule has 2 fully saturated rings. The van der Waals surface area contributed by atoms with Crippen molar-refractivity contribution >= 4 is 17.7 Å². The standard InChI is InChI=1S/C27H32N8O4/c1-27(2,3)39-26(36)31-16-7-8-18(9-16)38-21-10-19(15-5-6-15)32-25(37-4)24(21)20-11-22(35-34-20)33-23-14-29-17(12-28)13-30-23/h10-11,13-16,18H,5-9H2,1-4H3,(H,31,36)(H2,30,33,34,35)/t16-,18+/m0/s1. The number of nitrogens with zero attached hydrogens (tertiary/aromatic N) is 5. The zero-order chi connectivity index (χ0) is 27.6. The van der Waals surface area contributed by atoms with Crippen molar-refractivity contribution in [3.8, 4) is 29.0 Å². The number of methoxy groups -OCH3 is 1. The van der Waals surface area contributed by atoms with Crippen LogP contribution in [0.2, 0.25) is 0 Å². The number of ether oxygens (including phenoxy) is 3. The lowest BCUT2D eigenvalue weighted by atomic mass is 10.1. The number of nitriles is 1. The Morgan fingerprint density at radius 3 is 2.62 bits per heavy atom. The van der Waals surface area contributed by atoms with E-state index in [-0.39, 0.29) is 17.8 Å². The van der Waals surface area contributed by atoms with Crippen LogP contribution in [0, 0.1) is 11.3 Å². The molecule has 12 nitrogen and oxygen atoms in total. The summed E-state index contributed by atoms with van der Waals surface area (Å²) in [6.07, 6.45) is 6.76. The molecule has 39 heavy (non-hydrogen) atoms. The van der Waals surface area contributed by atoms with Crippen LogP contribution < -0.4 is 20.1 Å². The summed E-state index contributed by atoms with van der Waals surface area (Å²) in [7, 11) is 1.59. The summed E-state index contributed by atoms with van der Waals surface area (Å²) in [5, 5.41) is 22.4. The number of carbonyl (C=O) groups excluding carboxylic acids is 1. The summed E-state index contributed by atoms with van der Waals surface area (Å²) >= 11 is 0. The van der Waals surface area contributed by atoms with E-state index in [0.717, 1.165) is 31.4 Å². The smallest absolute Gasteiger partial charge is 0.407 e. The zero-order valence-electron chi connectivity index (χ0n) is 22.4. The topological polar surface area (TPSA) is 160 Å². The molecule has 0 saturated heterocycles. The summed E-state index contributed by atoms with van der Waals surface area (Å²) < 4.78 is 17.7. The van der Waals surface area contributed by atoms with Gasteiger partial charge in [-0.3, -0.25) is 5.10 Å². The highest BCUT2D eigenvalue weighted by Gasteiger charge is 2.32. The van der Waals surface area contributed by atoms with Gasteiger partial charge in [0.15, 0.2) is 11.5 Å². The molecule has 2 aliphatic rings. The van der Waals surface area contributed by atoms with Crippen molar-refractivity contribution in [1.29, 1.82) is 5.26 Å². The van der Waals surface area contributed by atoms with Gasteiger partial charge in [-0.05, 0) is 46.5 Å². The average Bonchev–Trinajstić information content (AvgIpc) is 3.50. The van der Waals surface area contributed by atoms with Crippen LogP contribution in [-0.2, 0) is 4.74 Å². The highest BCUT2D eigenvalue weighted by molar-refractivity contribution is 5.75. The third-order valence-corrected chi connectivity index (χ3v) is 6.43. The van der Waals surface area contributed by atoms with Crippen LogP contribution >= 0.6 is 0 Å². The summed E-state index contributed by atoms with van der Waals surface area (Å²) in [6, 6.07) is 5.71. The number of rotatable bonds is 8. The van der Waals surface area contributed by atoms with Crippen LogP contribution in [0.4, 0.5) is 16.4 Å². The summed E-state index contributed by atoms with van der Waals surface area (Å²) in [6.45, 7) is 5.53. The number of hydrogen-bond donors (Lipinski definition) is 3. The normalized spacial score (nSPS) is 18.7. The van der Waals surface area contributed by atoms with E-state index < -0.39 is 11.7 Å². The van der Waals surface area contributed by atoms with E-state index in [1.54, 1.807) is 7.11 Å². The van der Waals surface area contributed by atoms with E-state index in [9.17, 15) is 4.79 Å². The van der Waals surface area contributed by atoms with Crippen molar-refractivity contribution in [2.45, 2.75) is 76.5 Å². The number of H-pyrrole nitrogens is 1. The minimum atomic E-state index is -0.551. The minimum Gasteiger partial charge on any atom is -0.489 e. The molecule has 0 bridgehead atoms. The summed E-state index contributed by atoms with van der Waals surface area (Å²) in [4.78, 5) is 25.2. The van der Waals surface area contributed by atoms with E-state index >= 15 is 0 Å². The molecule has 5 rings (SSSR count). The van der Waals surface area contributed by atoms with Gasteiger partial charge in [0, 0.05) is 30.5 Å². The molecule has 2 aliphatic carbocycles. The van der Waals surface area contributed by atoms with Crippen molar-refractivity contribution in [1.82, 2.24) is 30.5 Å². The number of alkyl carbamates (subject to hydrolysis) is 1. The molecule has 0 unspecified atom stereocenters. The van der Waals surface area contributed by atoms with Crippen molar-refractivity contribution in [3.05, 3.63) is 35.9 Å². The number of aromatic amines is 1. The number of anilines is 2. The Morgan fingerprint density at radius 2 is 1.95 bits per heavy atom. The molecule has 0 aromatic carbocycles. The van der Waals surface area contributed by atoms with Gasteiger partial charge in [0.1, 0.15) is 34.9 Å². The fourth-order valence-corrected chi connectivity index (χ4v) is 4.52. The summed E-state index contributed by atoms with van der Waals surface area (Å²) in [5.41, 5.74) is 1.94. The predicted octanol–water partition coefficient (Wildman–Crippen LogP) is 4.59. The van der Waals surface area contributed by atoms with E-state index in [4.69, 9.17) is 24.5 Å². The first kappa shape index (κ1) is 26.2. The lowest BCUT2D eigenvalue weighted by Crippen LogP contribution is -2.38. The number of amides is 1. The van der Waals surface area contributed by atoms with Gasteiger partial charge < -0.3 is 24.8 Å². The maximum atomic E-state index is 12.3. The fourth-order valence-electron chi connectivity index (χ4n) is 4.52. The second kappa shape index (κ2) is 10.8. The van der Waals surface area contributed by atoms with Gasteiger partial charge in [-0.2, -0.15) is 10.4 Å². The monoisotopic (exact) mass is 532 g/mol. The highest BCUT2D eigenvalue weighted by atomic mass is 16.6. The van der Waals surface area contributed by atoms with Crippen LogP contribution in [-0.4, -0.2) is 56.1 Å². The molecule has 3 aromatic heterocycles. The van der Waals surface area contributed by atoms with Crippen molar-refractivity contribution in [3.63, 3.8) is 0 Å². The van der Waals surface area contributed by atoms with E-state index in [1.807, 2.05) is 39.0 Å². The minimum absolute atomic E-state index is 0.0311. The van der Waals surface area contributed by atoms with Crippen LogP contribution in [0.3, 0.4) is 0 Å². The molecular formula is C27H32N8O4. The van der Waals surface area contributed by atoms with E-state index in [2.05, 4.69) is 30.8 Å². The summed E-state index contributed by atoms with van der Waals surface area (Å²) in [5.74, 6) is 2.46. The highest BCUT2D eigenvalue weighted by Crippen LogP contribution is 2.46. The Labute approximate surface area is 226 Å². The number of carbonyl (C=O) groups is 1. The predicted molar refractivity (Wildman–Crippen MR) is 142 cm³/mol. The molecule has 3 N–H and O–H groups in total. The van der Waals surface area contributed by atoms with Crippen molar-refractivity contribution < 1.29 is 19.0 Å². The number of aromatic nitrogens is 5. The van der Waals surface area contributed by atoms with Crippen LogP contribution in [0.15, 0.2) is 24.5 Å². The van der Waals surface area contributed by atoms with E-state index in [1.165, 1.54) is 12.4 Å². The molecule has 0 aliphatic heterocycles. The Bertz CT molecular complexity index is 1370. The lowest BCUT2D eigenvalue weighted by molar-refractivity contribution is 0.0503. The first-order valence-electron chi connectivity index (χ1n) is 13.0. The number of hydrogen-bond acceptors (Lipinski definition) is 10. The van der Waals surface area contributed by atoms with Gasteiger partial charge in [-0.25, -0.2) is 19.7 Å². The van der Waals surface area contributed by atoms with Gasteiger partial charge in [0.2, 0.25) is 5.88 Å². The van der Waals surface area contributed by atoms with Gasteiger partial charge in [-0.1, -0.05) is 0 Å². The van der Waals surface area contributed by atoms with Gasteiger partial charge in [-0.15, -0.1) is 0 Å². The molecule has 3 aromatic rings. The second-order valence-corrected chi connectivity index (χ2v) is 10.8. The Hall–Kier alpha value is -4.40. The first-order chi connectivity index (χ1) is 18.7. The number of pyridine rings is 1. The SMILES string of the molecule is COc1nc(C2CC2)cc(O[C@@H]2CC[C@H](NC(=O)OC(C)(C)C)C2)c1-c1cc(Nc2cnc(C#N)cn2)n[nH]1. The maximum absolute atomic E-state index is 12.3. The molecular weight excluding hydrogens is 500 g/mol. The van der Waals surface area contributed by atoms with Crippen molar-refractivity contribution in [2.75, 3.05) is 12.4 Å². The third kappa shape index (κ3) is 6.54. The molecule has 3 heterocycles. The van der Waals surface area contributed by atoms with Crippen LogP contribution in [0.25, 0.3) is 11.3 Å². The van der Waals surface area contributed by atoms with Crippen molar-refractivity contribution in [2.24, 2.45) is 0 Å². The largest absolute Gasteiger partial charge is 0.489 e. The molecule has 0 spiro atoms. The van der Waals surface area contributed by atoms with Gasteiger partial charge >= 0.3 is 6.09 Å². The molecule has 1 amide bonds. The zero-order valence-corrected chi connectivity index (χ0v) is 22.4. The second-order valence-electron chi connectivity index (χ2n) is 10.8. The molecule has 12 heteroatoms. The first-order valence-corrected chi connectivity index (χ1v) is 13.0. The molecule has 2 saturated carbocycles. The number of nitrogens with one attached hydrogen (secondary N) is 3. The third-order valence-electron chi connectivity index (χ3n) is 6.43. The lowest BCUT2D eigenvalue weighted by Gasteiger charge is -2.22. The van der Waals surface area contributed by atoms with Gasteiger partial charge in [0.05, 0.1) is 30.9 Å². The Balaban J connectivity index is 1.36. The maximum Gasteiger partial charge on any atom is 0.407 e. The Morgan fingerprint density at radius 1 is 1.13 bits per heavy atom. The molecule has 2 atom stereocenters. The van der Waals surface area contributed by atoms with Crippen LogP contribution in [0.5, 0.6) is 11.6 Å². The Kier molecular flexibility index (Phi) is 7.24. The van der Waals surface area contributed by atoms with Crippen LogP contribution in [0.1, 0.15) is 70.2 Å².